The molecular formula is C26H46B4N2Si. The minimum atomic E-state index is -2.05. The Kier molecular flexibility index (Phi) is 5.55. The first-order chi connectivity index (χ1) is 14.9. The molecule has 0 bridgehead atoms. The third-order valence-corrected chi connectivity index (χ3v) is 16.0. The number of fused-ring (bicyclic) bond motifs is 2. The van der Waals surface area contributed by atoms with Crippen LogP contribution in [-0.4, -0.2) is 56.0 Å². The van der Waals surface area contributed by atoms with Crippen molar-refractivity contribution in [1.29, 1.82) is 0 Å². The van der Waals surface area contributed by atoms with Gasteiger partial charge in [-0.2, -0.15) is 0 Å². The fourth-order valence-electron chi connectivity index (χ4n) is 9.56. The monoisotopic (exact) mass is 458 g/mol. The molecule has 0 spiro atoms. The molecule has 2 heterocycles. The predicted octanol–water partition coefficient (Wildman–Crippen LogP) is 6.82. The van der Waals surface area contributed by atoms with E-state index in [0.717, 1.165) is 0 Å². The second kappa shape index (κ2) is 7.20. The molecule has 0 N–H and O–H groups in total. The van der Waals surface area contributed by atoms with E-state index >= 15 is 0 Å². The maximum Gasteiger partial charge on any atom is 0.239 e. The van der Waals surface area contributed by atoms with Crippen LogP contribution >= 0.6 is 0 Å². The van der Waals surface area contributed by atoms with E-state index in [4.69, 9.17) is 0 Å². The van der Waals surface area contributed by atoms with Crippen molar-refractivity contribution in [2.24, 2.45) is 0 Å². The number of rotatable bonds is 2. The molecule has 4 aliphatic rings. The first-order valence-corrected chi connectivity index (χ1v) is 16.3. The van der Waals surface area contributed by atoms with Crippen LogP contribution in [0, 0.1) is 0 Å². The smallest absolute Gasteiger partial charge is 0.239 e. The first-order valence-electron chi connectivity index (χ1n) is 13.3. The molecule has 0 radical (unpaired) electrons. The lowest BCUT2D eigenvalue weighted by Gasteiger charge is -2.56. The van der Waals surface area contributed by atoms with Gasteiger partial charge in [-0.1, -0.05) is 86.8 Å². The Hall–Kier alpha value is -0.643. The van der Waals surface area contributed by atoms with Gasteiger partial charge in [-0.3, -0.25) is 0 Å². The molecule has 4 rings (SSSR count). The van der Waals surface area contributed by atoms with Crippen LogP contribution in [0.15, 0.2) is 46.4 Å². The highest BCUT2D eigenvalue weighted by atomic mass is 28.3. The van der Waals surface area contributed by atoms with E-state index < -0.39 is 8.07 Å². The molecule has 2 nitrogen and oxygen atoms in total. The van der Waals surface area contributed by atoms with Gasteiger partial charge < -0.3 is 9.44 Å². The van der Waals surface area contributed by atoms with E-state index in [-0.39, 0.29) is 21.0 Å². The highest BCUT2D eigenvalue weighted by Crippen LogP contribution is 2.71. The van der Waals surface area contributed by atoms with Crippen LogP contribution in [0.5, 0.6) is 0 Å². The molecule has 0 saturated carbocycles. The minimum Gasteiger partial charge on any atom is -0.375 e. The Bertz CT molecular complexity index is 921. The SMILES string of the molecule is CB1C2=CC(C)=CC2([Si](C)(C)C23C=C(C)C=C2B(C)N(C(C)(C)C)B3C)B(C)N1C(C)(C)C. The largest absolute Gasteiger partial charge is 0.375 e. The van der Waals surface area contributed by atoms with Crippen LogP contribution in [0.2, 0.25) is 50.3 Å². The maximum atomic E-state index is 2.83. The number of nitrogens with zero attached hydrogens (tertiary/aromatic N) is 2. The van der Waals surface area contributed by atoms with Crippen LogP contribution in [0.4, 0.5) is 0 Å². The van der Waals surface area contributed by atoms with Gasteiger partial charge in [0.2, 0.25) is 27.4 Å². The topological polar surface area (TPSA) is 6.48 Å². The van der Waals surface area contributed by atoms with Gasteiger partial charge >= 0.3 is 0 Å². The molecule has 2 unspecified atom stereocenters. The molecule has 0 aromatic carbocycles. The molecule has 0 aromatic rings. The van der Waals surface area contributed by atoms with E-state index in [0.29, 0.717) is 27.4 Å². The van der Waals surface area contributed by atoms with Crippen molar-refractivity contribution in [1.82, 2.24) is 9.44 Å². The third kappa shape index (κ3) is 2.97. The molecule has 176 valence electrons. The molecule has 2 fully saturated rings. The molecule has 2 atom stereocenters. The highest BCUT2D eigenvalue weighted by molar-refractivity contribution is 7.11. The van der Waals surface area contributed by atoms with Gasteiger partial charge in [-0.15, -0.1) is 0 Å². The minimum absolute atomic E-state index is 0.145. The summed E-state index contributed by atoms with van der Waals surface area (Å²) in [5.74, 6) is 0. The summed E-state index contributed by atoms with van der Waals surface area (Å²) in [6, 6.07) is 0. The lowest BCUT2D eigenvalue weighted by atomic mass is 9.50. The van der Waals surface area contributed by atoms with Gasteiger partial charge in [0, 0.05) is 0 Å². The van der Waals surface area contributed by atoms with Crippen LogP contribution in [0.25, 0.3) is 0 Å². The van der Waals surface area contributed by atoms with Gasteiger partial charge in [0.15, 0.2) is 0 Å². The zero-order chi connectivity index (χ0) is 25.1. The van der Waals surface area contributed by atoms with Gasteiger partial charge in [0.1, 0.15) is 0 Å². The third-order valence-electron chi connectivity index (χ3n) is 10.1. The van der Waals surface area contributed by atoms with E-state index in [9.17, 15) is 0 Å². The van der Waals surface area contributed by atoms with Crippen LogP contribution in [-0.2, 0) is 0 Å². The number of allylic oxidation sites excluding steroid dienone is 8. The van der Waals surface area contributed by atoms with Gasteiger partial charge in [0.05, 0.1) is 8.07 Å². The molecule has 2 aliphatic heterocycles. The van der Waals surface area contributed by atoms with E-state index in [1.165, 1.54) is 11.1 Å². The van der Waals surface area contributed by atoms with Crippen molar-refractivity contribution in [3.8, 4) is 0 Å². The highest BCUT2D eigenvalue weighted by Gasteiger charge is 2.74. The van der Waals surface area contributed by atoms with E-state index in [1.807, 2.05) is 0 Å². The fraction of sp³-hybridized carbons (Fsp3) is 0.692. The van der Waals surface area contributed by atoms with Crippen molar-refractivity contribution in [3.63, 3.8) is 0 Å². The fourth-order valence-corrected chi connectivity index (χ4v) is 15.8. The predicted molar refractivity (Wildman–Crippen MR) is 156 cm³/mol. The van der Waals surface area contributed by atoms with Crippen molar-refractivity contribution in [2.75, 3.05) is 0 Å². The van der Waals surface area contributed by atoms with Gasteiger partial charge in [0.25, 0.3) is 0 Å². The average molecular weight is 458 g/mol. The van der Waals surface area contributed by atoms with Gasteiger partial charge in [-0.25, -0.2) is 0 Å². The Morgan fingerprint density at radius 1 is 0.667 bits per heavy atom. The lowest BCUT2D eigenvalue weighted by Crippen LogP contribution is -2.64. The molecule has 33 heavy (non-hydrogen) atoms. The second-order valence-electron chi connectivity index (χ2n) is 14.2. The Morgan fingerprint density at radius 3 is 1.24 bits per heavy atom. The lowest BCUT2D eigenvalue weighted by molar-refractivity contribution is 0.367. The zero-order valence-corrected chi connectivity index (χ0v) is 25.0. The Labute approximate surface area is 207 Å². The van der Waals surface area contributed by atoms with Crippen molar-refractivity contribution < 1.29 is 0 Å². The summed E-state index contributed by atoms with van der Waals surface area (Å²) in [7, 11) is -2.05. The summed E-state index contributed by atoms with van der Waals surface area (Å²) in [5.41, 5.74) is 6.63. The maximum absolute atomic E-state index is 2.83. The summed E-state index contributed by atoms with van der Waals surface area (Å²) >= 11 is 0. The standard InChI is InChI=1S/C26H46B4N2Si/c1-19-15-21-25(17-19,29(11)31(27(21)9)23(3,4)5)33(13,14)26-18-20(2)16-22(26)28(10)32(30(26)12)24(6,7)8/h15-18H,1-14H3. The molecular weight excluding hydrogens is 412 g/mol. The summed E-state index contributed by atoms with van der Waals surface area (Å²) in [6.45, 7) is 36.6. The summed E-state index contributed by atoms with van der Waals surface area (Å²) in [6.07, 6.45) is 10.6. The summed E-state index contributed by atoms with van der Waals surface area (Å²) in [4.78, 5) is 0.289. The molecule has 0 aromatic heterocycles. The van der Waals surface area contributed by atoms with E-state index in [2.05, 4.69) is 130 Å². The normalized spacial score (nSPS) is 31.2. The number of hydrogen-bond donors (Lipinski definition) is 0. The molecule has 7 heteroatoms. The second-order valence-corrected chi connectivity index (χ2v) is 19.1. The quantitative estimate of drug-likeness (QED) is 0.420. The number of hydrogen-bond acceptors (Lipinski definition) is 2. The van der Waals surface area contributed by atoms with Crippen LogP contribution in [0.3, 0.4) is 0 Å². The average Bonchev–Trinajstić information content (AvgIpc) is 3.28. The molecule has 2 aliphatic carbocycles. The van der Waals surface area contributed by atoms with E-state index in [1.54, 1.807) is 10.9 Å². The van der Waals surface area contributed by atoms with Crippen molar-refractivity contribution in [2.45, 2.75) is 117 Å². The van der Waals surface area contributed by atoms with Crippen molar-refractivity contribution in [3.05, 3.63) is 46.4 Å². The molecule has 0 amide bonds. The van der Waals surface area contributed by atoms with Gasteiger partial charge in [-0.05, 0) is 76.3 Å². The zero-order valence-electron chi connectivity index (χ0n) is 24.0. The Morgan fingerprint density at radius 2 is 0.970 bits per heavy atom. The Balaban J connectivity index is 1.99. The first kappa shape index (κ1) is 25.4. The van der Waals surface area contributed by atoms with Crippen molar-refractivity contribution >= 4 is 35.5 Å². The summed E-state index contributed by atoms with van der Waals surface area (Å²) < 4.78 is 5.65. The summed E-state index contributed by atoms with van der Waals surface area (Å²) in [5, 5.41) is 0. The van der Waals surface area contributed by atoms with Crippen LogP contribution in [0.1, 0.15) is 55.4 Å². The van der Waals surface area contributed by atoms with Crippen LogP contribution < -0.4 is 0 Å². The molecule has 2 saturated heterocycles.